The minimum Gasteiger partial charge on any atom is -0.481 e. The van der Waals surface area contributed by atoms with E-state index in [1.807, 2.05) is 0 Å². The van der Waals surface area contributed by atoms with Gasteiger partial charge in [0.05, 0.1) is 23.4 Å². The Morgan fingerprint density at radius 1 is 1.14 bits per heavy atom. The number of nitrogens with zero attached hydrogens (tertiary/aromatic N) is 2. The van der Waals surface area contributed by atoms with Crippen LogP contribution in [0.4, 0.5) is 5.69 Å². The van der Waals surface area contributed by atoms with Crippen molar-refractivity contribution in [3.63, 3.8) is 0 Å². The molecule has 0 aliphatic heterocycles. The summed E-state index contributed by atoms with van der Waals surface area (Å²) in [5.74, 6) is -1.16. The fraction of sp³-hybridized carbons (Fsp3) is 0.200. The van der Waals surface area contributed by atoms with Crippen molar-refractivity contribution in [1.29, 1.82) is 0 Å². The maximum atomic E-state index is 12.2. The number of carboxylic acid groups (broad SMARTS) is 1. The average Bonchev–Trinajstić information content (AvgIpc) is 2.43. The van der Waals surface area contributed by atoms with Crippen LogP contribution in [-0.2, 0) is 11.2 Å². The molecule has 1 heterocycles. The van der Waals surface area contributed by atoms with Crippen molar-refractivity contribution in [3.8, 4) is 0 Å². The standard InChI is InChI=1S/C15H15N3O3/c1-9-7-13(10(2)18-17-9)15(21)16-12-5-3-11(4-6-12)8-14(19)20/h3-7H,8H2,1-2H3,(H,16,21)(H,19,20). The SMILES string of the molecule is Cc1cc(C(=O)Nc2ccc(CC(=O)O)cc2)c(C)nn1. The Hall–Kier alpha value is -2.76. The molecule has 6 nitrogen and oxygen atoms in total. The Morgan fingerprint density at radius 2 is 1.81 bits per heavy atom. The summed E-state index contributed by atoms with van der Waals surface area (Å²) in [5.41, 5.74) is 2.97. The van der Waals surface area contributed by atoms with Gasteiger partial charge in [0.25, 0.3) is 5.91 Å². The summed E-state index contributed by atoms with van der Waals surface area (Å²) in [6, 6.07) is 8.37. The minimum absolute atomic E-state index is 0.0409. The Balaban J connectivity index is 2.12. The van der Waals surface area contributed by atoms with Gasteiger partial charge in [0.1, 0.15) is 0 Å². The van der Waals surface area contributed by atoms with Crippen LogP contribution in [0.25, 0.3) is 0 Å². The normalized spacial score (nSPS) is 10.2. The summed E-state index contributed by atoms with van der Waals surface area (Å²) in [6.07, 6.45) is -0.0409. The molecular weight excluding hydrogens is 270 g/mol. The van der Waals surface area contributed by atoms with E-state index in [1.54, 1.807) is 44.2 Å². The van der Waals surface area contributed by atoms with E-state index in [0.29, 0.717) is 28.2 Å². The Morgan fingerprint density at radius 3 is 2.43 bits per heavy atom. The lowest BCUT2D eigenvalue weighted by Crippen LogP contribution is -2.15. The number of carbonyl (C=O) groups excluding carboxylic acids is 1. The molecule has 21 heavy (non-hydrogen) atoms. The highest BCUT2D eigenvalue weighted by Gasteiger charge is 2.11. The summed E-state index contributed by atoms with van der Waals surface area (Å²) in [6.45, 7) is 3.49. The van der Waals surface area contributed by atoms with Gasteiger partial charge in [-0.3, -0.25) is 9.59 Å². The fourth-order valence-electron chi connectivity index (χ4n) is 1.86. The number of nitrogens with one attached hydrogen (secondary N) is 1. The zero-order valence-corrected chi connectivity index (χ0v) is 11.8. The molecule has 2 N–H and O–H groups in total. The van der Waals surface area contributed by atoms with Crippen LogP contribution in [0.5, 0.6) is 0 Å². The third-order valence-corrected chi connectivity index (χ3v) is 2.91. The maximum absolute atomic E-state index is 12.2. The van der Waals surface area contributed by atoms with Gasteiger partial charge in [-0.2, -0.15) is 10.2 Å². The van der Waals surface area contributed by atoms with Crippen molar-refractivity contribution in [2.75, 3.05) is 5.32 Å². The van der Waals surface area contributed by atoms with Crippen LogP contribution in [0.15, 0.2) is 30.3 Å². The van der Waals surface area contributed by atoms with E-state index >= 15 is 0 Å². The highest BCUT2D eigenvalue weighted by Crippen LogP contribution is 2.13. The molecule has 0 saturated heterocycles. The van der Waals surface area contributed by atoms with Crippen LogP contribution in [0.2, 0.25) is 0 Å². The first-order valence-corrected chi connectivity index (χ1v) is 6.38. The predicted molar refractivity (Wildman–Crippen MR) is 77.2 cm³/mol. The fourth-order valence-corrected chi connectivity index (χ4v) is 1.86. The number of benzene rings is 1. The third-order valence-electron chi connectivity index (χ3n) is 2.91. The van der Waals surface area contributed by atoms with Crippen LogP contribution < -0.4 is 5.32 Å². The molecule has 1 aromatic heterocycles. The second-order valence-electron chi connectivity index (χ2n) is 4.71. The number of anilines is 1. The second kappa shape index (κ2) is 6.13. The summed E-state index contributed by atoms with van der Waals surface area (Å²) in [5, 5.41) is 19.3. The lowest BCUT2D eigenvalue weighted by molar-refractivity contribution is -0.136. The molecule has 0 aliphatic rings. The van der Waals surface area contributed by atoms with Crippen molar-refractivity contribution in [2.45, 2.75) is 20.3 Å². The second-order valence-corrected chi connectivity index (χ2v) is 4.71. The summed E-state index contributed by atoms with van der Waals surface area (Å²) >= 11 is 0. The number of carbonyl (C=O) groups is 2. The topological polar surface area (TPSA) is 92.2 Å². The number of rotatable bonds is 4. The number of carboxylic acids is 1. The first kappa shape index (κ1) is 14.6. The van der Waals surface area contributed by atoms with E-state index in [-0.39, 0.29) is 12.3 Å². The molecule has 1 aromatic carbocycles. The van der Waals surface area contributed by atoms with Crippen molar-refractivity contribution in [2.24, 2.45) is 0 Å². The average molecular weight is 285 g/mol. The van der Waals surface area contributed by atoms with E-state index in [4.69, 9.17) is 5.11 Å². The summed E-state index contributed by atoms with van der Waals surface area (Å²) in [4.78, 5) is 22.8. The smallest absolute Gasteiger partial charge is 0.307 e. The molecule has 0 bridgehead atoms. The van der Waals surface area contributed by atoms with Crippen molar-refractivity contribution < 1.29 is 14.7 Å². The number of hydrogen-bond acceptors (Lipinski definition) is 4. The molecule has 0 unspecified atom stereocenters. The first-order chi connectivity index (χ1) is 9.95. The summed E-state index contributed by atoms with van der Waals surface area (Å²) < 4.78 is 0. The van der Waals surface area contributed by atoms with Gasteiger partial charge in [0.15, 0.2) is 0 Å². The van der Waals surface area contributed by atoms with Crippen LogP contribution in [0.1, 0.15) is 27.3 Å². The van der Waals surface area contributed by atoms with Gasteiger partial charge in [-0.15, -0.1) is 0 Å². The van der Waals surface area contributed by atoms with Crippen molar-refractivity contribution in [3.05, 3.63) is 52.8 Å². The summed E-state index contributed by atoms with van der Waals surface area (Å²) in [7, 11) is 0. The van der Waals surface area contributed by atoms with Gasteiger partial charge in [0, 0.05) is 5.69 Å². The van der Waals surface area contributed by atoms with Crippen LogP contribution in [0, 0.1) is 13.8 Å². The monoisotopic (exact) mass is 285 g/mol. The third kappa shape index (κ3) is 3.85. The highest BCUT2D eigenvalue weighted by atomic mass is 16.4. The van der Waals surface area contributed by atoms with E-state index in [9.17, 15) is 9.59 Å². The van der Waals surface area contributed by atoms with E-state index < -0.39 is 5.97 Å². The first-order valence-electron chi connectivity index (χ1n) is 6.38. The van der Waals surface area contributed by atoms with Gasteiger partial charge < -0.3 is 10.4 Å². The number of aromatic nitrogens is 2. The molecule has 0 saturated carbocycles. The van der Waals surface area contributed by atoms with Crippen molar-refractivity contribution in [1.82, 2.24) is 10.2 Å². The molecule has 0 atom stereocenters. The van der Waals surface area contributed by atoms with Crippen molar-refractivity contribution >= 4 is 17.6 Å². The lowest BCUT2D eigenvalue weighted by Gasteiger charge is -2.08. The predicted octanol–water partition coefficient (Wildman–Crippen LogP) is 1.97. The highest BCUT2D eigenvalue weighted by molar-refractivity contribution is 6.05. The molecule has 2 aromatic rings. The maximum Gasteiger partial charge on any atom is 0.307 e. The molecule has 108 valence electrons. The van der Waals surface area contributed by atoms with Crippen LogP contribution in [-0.4, -0.2) is 27.2 Å². The number of aliphatic carboxylic acids is 1. The van der Waals surface area contributed by atoms with Gasteiger partial charge in [-0.1, -0.05) is 12.1 Å². The lowest BCUT2D eigenvalue weighted by atomic mass is 10.1. The van der Waals surface area contributed by atoms with Gasteiger partial charge in [-0.05, 0) is 37.6 Å². The minimum atomic E-state index is -0.888. The molecule has 2 rings (SSSR count). The molecule has 6 heteroatoms. The number of hydrogen-bond donors (Lipinski definition) is 2. The van der Waals surface area contributed by atoms with Gasteiger partial charge in [0.2, 0.25) is 0 Å². The quantitative estimate of drug-likeness (QED) is 0.896. The molecule has 0 fully saturated rings. The molecular formula is C15H15N3O3. The van der Waals surface area contributed by atoms with Gasteiger partial charge in [-0.25, -0.2) is 0 Å². The zero-order chi connectivity index (χ0) is 15.4. The largest absolute Gasteiger partial charge is 0.481 e. The van der Waals surface area contributed by atoms with E-state index in [0.717, 1.165) is 0 Å². The van der Waals surface area contributed by atoms with Gasteiger partial charge >= 0.3 is 5.97 Å². The Kier molecular flexibility index (Phi) is 4.27. The van der Waals surface area contributed by atoms with Crippen LogP contribution in [0.3, 0.4) is 0 Å². The Labute approximate surface area is 121 Å². The molecule has 1 amide bonds. The zero-order valence-electron chi connectivity index (χ0n) is 11.8. The molecule has 0 aliphatic carbocycles. The van der Waals surface area contributed by atoms with Crippen LogP contribution >= 0.6 is 0 Å². The molecule has 0 spiro atoms. The number of aryl methyl sites for hydroxylation is 2. The van der Waals surface area contributed by atoms with E-state index in [2.05, 4.69) is 15.5 Å². The Bertz CT molecular complexity index is 681. The molecule has 0 radical (unpaired) electrons. The van der Waals surface area contributed by atoms with E-state index in [1.165, 1.54) is 0 Å². The number of amides is 1.